The number of para-hydroxylation sites is 1. The largest absolute Gasteiger partial charge is 0.463 e. The second-order valence-corrected chi connectivity index (χ2v) is 10.3. The van der Waals surface area contributed by atoms with Crippen molar-refractivity contribution in [2.45, 2.75) is 49.8 Å². The Balaban J connectivity index is 1.19. The molecule has 0 aromatic heterocycles. The van der Waals surface area contributed by atoms with Crippen LogP contribution in [0, 0.1) is 0 Å². The highest BCUT2D eigenvalue weighted by molar-refractivity contribution is 6.05. The molecular weight excluding hydrogens is 450 g/mol. The Morgan fingerprint density at radius 3 is 2.56 bits per heavy atom. The first-order valence-corrected chi connectivity index (χ1v) is 13.1. The fourth-order valence-corrected chi connectivity index (χ4v) is 6.78. The third-order valence-corrected chi connectivity index (χ3v) is 8.39. The predicted molar refractivity (Wildman–Crippen MR) is 141 cm³/mol. The van der Waals surface area contributed by atoms with Gasteiger partial charge in [0.05, 0.1) is 5.92 Å². The van der Waals surface area contributed by atoms with E-state index in [1.165, 1.54) is 21.9 Å². The quantitative estimate of drug-likeness (QED) is 0.487. The average molecular weight is 484 g/mol. The Hall–Kier alpha value is -3.22. The molecule has 0 saturated carbocycles. The Bertz CT molecular complexity index is 1280. The molecule has 1 fully saturated rings. The molecule has 0 spiro atoms. The number of likely N-dealkylation sites (N-methyl/N-ethyl adjacent to an activating group) is 1. The van der Waals surface area contributed by atoms with Crippen LogP contribution >= 0.6 is 0 Å². The van der Waals surface area contributed by atoms with E-state index in [-0.39, 0.29) is 24.0 Å². The highest BCUT2D eigenvalue weighted by atomic mass is 16.5. The van der Waals surface area contributed by atoms with Crippen LogP contribution < -0.4 is 10.2 Å². The van der Waals surface area contributed by atoms with Crippen LogP contribution in [0.5, 0.6) is 0 Å². The third-order valence-electron chi connectivity index (χ3n) is 8.39. The molecule has 3 aromatic rings. The Morgan fingerprint density at radius 1 is 1.03 bits per heavy atom. The number of hydrogen-bond donors (Lipinski definition) is 1. The lowest BCUT2D eigenvalue weighted by molar-refractivity contribution is -0.135. The van der Waals surface area contributed by atoms with Crippen LogP contribution in [0.1, 0.15) is 47.9 Å². The Kier molecular flexibility index (Phi) is 6.23. The van der Waals surface area contributed by atoms with Crippen LogP contribution in [0.25, 0.3) is 10.8 Å². The number of rotatable bonds is 8. The van der Waals surface area contributed by atoms with Gasteiger partial charge in [0.25, 0.3) is 6.47 Å². The number of piperidine rings is 1. The van der Waals surface area contributed by atoms with Gasteiger partial charge in [0.15, 0.2) is 0 Å². The van der Waals surface area contributed by atoms with E-state index in [1.54, 1.807) is 0 Å². The minimum atomic E-state index is -0.331. The van der Waals surface area contributed by atoms with E-state index >= 15 is 0 Å². The molecule has 6 nitrogen and oxygen atoms in total. The fraction of sp³-hybridized carbons (Fsp3) is 0.400. The summed E-state index contributed by atoms with van der Waals surface area (Å²) < 4.78 is 5.29. The van der Waals surface area contributed by atoms with Gasteiger partial charge in [-0.2, -0.15) is 0 Å². The molecule has 2 heterocycles. The number of likely N-dealkylation sites (tertiary alicyclic amines) is 1. The number of nitrogens with one attached hydrogen (secondary N) is 1. The number of hydrogen-bond acceptors (Lipinski definition) is 5. The normalized spacial score (nSPS) is 22.7. The number of fused-ring (bicyclic) bond motifs is 1. The maximum atomic E-state index is 13.8. The van der Waals surface area contributed by atoms with E-state index < -0.39 is 0 Å². The van der Waals surface area contributed by atoms with E-state index in [4.69, 9.17) is 4.74 Å². The summed E-state index contributed by atoms with van der Waals surface area (Å²) in [6.07, 6.45) is 3.15. The molecule has 186 valence electrons. The van der Waals surface area contributed by atoms with Crippen molar-refractivity contribution in [2.75, 3.05) is 31.6 Å². The zero-order chi connectivity index (χ0) is 24.6. The number of benzene rings is 3. The molecule has 1 aliphatic carbocycles. The Morgan fingerprint density at radius 2 is 1.78 bits per heavy atom. The van der Waals surface area contributed by atoms with Crippen molar-refractivity contribution in [1.82, 2.24) is 10.2 Å². The van der Waals surface area contributed by atoms with Crippen LogP contribution in [0.15, 0.2) is 60.7 Å². The third kappa shape index (κ3) is 3.89. The summed E-state index contributed by atoms with van der Waals surface area (Å²) in [7, 11) is 1.83. The van der Waals surface area contributed by atoms with Gasteiger partial charge in [0.1, 0.15) is 6.10 Å². The summed E-state index contributed by atoms with van der Waals surface area (Å²) in [6, 6.07) is 22.1. The fourth-order valence-electron chi connectivity index (χ4n) is 6.78. The second kappa shape index (κ2) is 9.68. The van der Waals surface area contributed by atoms with Gasteiger partial charge in [-0.15, -0.1) is 0 Å². The number of carbonyl (C=O) groups excluding carboxylic acids is 2. The Labute approximate surface area is 212 Å². The number of amides is 1. The van der Waals surface area contributed by atoms with E-state index in [9.17, 15) is 9.59 Å². The summed E-state index contributed by atoms with van der Waals surface area (Å²) >= 11 is 0. The van der Waals surface area contributed by atoms with Gasteiger partial charge in [-0.05, 0) is 59.8 Å². The van der Waals surface area contributed by atoms with Crippen molar-refractivity contribution in [2.24, 2.45) is 0 Å². The molecule has 3 atom stereocenters. The van der Waals surface area contributed by atoms with Gasteiger partial charge in [-0.25, -0.2) is 0 Å². The highest BCUT2D eigenvalue weighted by Gasteiger charge is 2.43. The van der Waals surface area contributed by atoms with Gasteiger partial charge in [0, 0.05) is 43.8 Å². The van der Waals surface area contributed by atoms with Crippen LogP contribution in [0.4, 0.5) is 5.69 Å². The molecule has 0 radical (unpaired) electrons. The van der Waals surface area contributed by atoms with Crippen molar-refractivity contribution >= 4 is 28.8 Å². The predicted octanol–water partition coefficient (Wildman–Crippen LogP) is 4.18. The topological polar surface area (TPSA) is 61.9 Å². The lowest BCUT2D eigenvalue weighted by Gasteiger charge is -2.40. The molecule has 36 heavy (non-hydrogen) atoms. The molecule has 3 unspecified atom stereocenters. The van der Waals surface area contributed by atoms with Crippen molar-refractivity contribution in [3.8, 4) is 0 Å². The monoisotopic (exact) mass is 483 g/mol. The molecular formula is C30H33N3O3. The molecule has 3 aliphatic rings. The van der Waals surface area contributed by atoms with Crippen LogP contribution in [0.2, 0.25) is 0 Å². The molecule has 0 bridgehead atoms. The smallest absolute Gasteiger partial charge is 0.293 e. The number of nitrogens with zero attached hydrogens (tertiary/aromatic N) is 2. The van der Waals surface area contributed by atoms with Crippen molar-refractivity contribution in [1.29, 1.82) is 0 Å². The summed E-state index contributed by atoms with van der Waals surface area (Å²) in [4.78, 5) is 29.5. The molecule has 6 rings (SSSR count). The SMILES string of the molecule is CNCC(CC1C(=O)N(C2CCN(C3Cc4cccc5cccc3c45)CC2)c2ccccc21)OC=O. The standard InChI is InChI=1S/C30H33N3O3/c1-31-18-23(36-19-34)17-26-24-9-2-3-11-27(24)33(30(26)35)22-12-14-32(15-13-22)28-16-21-8-4-6-20-7-5-10-25(28)29(20)21/h2-11,19,22-23,26,28,31H,12-18H2,1H3. The van der Waals surface area contributed by atoms with Crippen LogP contribution in [0.3, 0.4) is 0 Å². The lowest BCUT2D eigenvalue weighted by atomic mass is 9.94. The zero-order valence-electron chi connectivity index (χ0n) is 20.7. The first kappa shape index (κ1) is 23.2. The van der Waals surface area contributed by atoms with Gasteiger partial charge in [-0.3, -0.25) is 14.5 Å². The average Bonchev–Trinajstić information content (AvgIpc) is 3.41. The van der Waals surface area contributed by atoms with Gasteiger partial charge in [-0.1, -0.05) is 54.6 Å². The molecule has 1 amide bonds. The van der Waals surface area contributed by atoms with Gasteiger partial charge < -0.3 is 15.0 Å². The summed E-state index contributed by atoms with van der Waals surface area (Å²) in [6.45, 7) is 2.97. The second-order valence-electron chi connectivity index (χ2n) is 10.3. The molecule has 1 N–H and O–H groups in total. The van der Waals surface area contributed by atoms with Gasteiger partial charge in [0.2, 0.25) is 5.91 Å². The summed E-state index contributed by atoms with van der Waals surface area (Å²) in [5, 5.41) is 5.84. The zero-order valence-corrected chi connectivity index (χ0v) is 20.7. The molecule has 2 aliphatic heterocycles. The first-order valence-electron chi connectivity index (χ1n) is 13.1. The van der Waals surface area contributed by atoms with Gasteiger partial charge >= 0.3 is 0 Å². The maximum absolute atomic E-state index is 13.8. The van der Waals surface area contributed by atoms with E-state index in [1.807, 2.05) is 19.2 Å². The minimum absolute atomic E-state index is 0.142. The molecule has 1 saturated heterocycles. The van der Waals surface area contributed by atoms with Crippen molar-refractivity contribution in [3.63, 3.8) is 0 Å². The number of anilines is 1. The van der Waals surface area contributed by atoms with E-state index in [0.29, 0.717) is 25.5 Å². The van der Waals surface area contributed by atoms with Crippen molar-refractivity contribution < 1.29 is 14.3 Å². The van der Waals surface area contributed by atoms with E-state index in [0.717, 1.165) is 43.6 Å². The first-order chi connectivity index (χ1) is 17.7. The van der Waals surface area contributed by atoms with Crippen LogP contribution in [-0.4, -0.2) is 56.1 Å². The lowest BCUT2D eigenvalue weighted by Crippen LogP contribution is -2.47. The van der Waals surface area contributed by atoms with Crippen molar-refractivity contribution in [3.05, 3.63) is 77.4 Å². The molecule has 6 heteroatoms. The van der Waals surface area contributed by atoms with Crippen LogP contribution in [-0.2, 0) is 20.7 Å². The summed E-state index contributed by atoms with van der Waals surface area (Å²) in [5.41, 5.74) is 4.99. The number of ether oxygens (including phenoxy) is 1. The van der Waals surface area contributed by atoms with E-state index in [2.05, 4.69) is 63.6 Å². The highest BCUT2D eigenvalue weighted by Crippen LogP contribution is 2.44. The minimum Gasteiger partial charge on any atom is -0.463 e. The number of carbonyl (C=O) groups is 2. The maximum Gasteiger partial charge on any atom is 0.293 e. The summed E-state index contributed by atoms with van der Waals surface area (Å²) in [5.74, 6) is -0.136. The molecule has 3 aromatic carbocycles.